The van der Waals surface area contributed by atoms with Crippen LogP contribution in [0.5, 0.6) is 0 Å². The van der Waals surface area contributed by atoms with Crippen LogP contribution in [-0.4, -0.2) is 31.2 Å². The van der Waals surface area contributed by atoms with Crippen molar-refractivity contribution < 1.29 is 8.42 Å². The average molecular weight is 322 g/mol. The third kappa shape index (κ3) is 3.24. The molecule has 3 nitrogen and oxygen atoms in total. The third-order valence-corrected chi connectivity index (χ3v) is 6.11. The quantitative estimate of drug-likeness (QED) is 0.796. The van der Waals surface area contributed by atoms with Crippen molar-refractivity contribution in [2.45, 2.75) is 36.6 Å². The van der Waals surface area contributed by atoms with Gasteiger partial charge in [0.2, 0.25) is 10.0 Å². The molecule has 0 bridgehead atoms. The molecular formula is C13H17Cl2NO2S. The molecule has 1 aromatic rings. The van der Waals surface area contributed by atoms with Gasteiger partial charge < -0.3 is 0 Å². The van der Waals surface area contributed by atoms with Gasteiger partial charge >= 0.3 is 0 Å². The number of hydrogen-bond donors (Lipinski definition) is 0. The first-order valence-corrected chi connectivity index (χ1v) is 8.75. The van der Waals surface area contributed by atoms with E-state index in [0.29, 0.717) is 18.8 Å². The first kappa shape index (κ1) is 15.1. The third-order valence-electron chi connectivity index (χ3n) is 3.44. The number of hydrogen-bond acceptors (Lipinski definition) is 2. The second-order valence-corrected chi connectivity index (χ2v) is 7.32. The molecule has 0 aliphatic carbocycles. The van der Waals surface area contributed by atoms with Gasteiger partial charge in [-0.15, -0.1) is 11.6 Å². The summed E-state index contributed by atoms with van der Waals surface area (Å²) in [5, 5.41) is 0.276. The van der Waals surface area contributed by atoms with Gasteiger partial charge in [0.1, 0.15) is 4.90 Å². The number of piperidine rings is 1. The molecule has 0 radical (unpaired) electrons. The fraction of sp³-hybridized carbons (Fsp3) is 0.538. The number of benzene rings is 1. The van der Waals surface area contributed by atoms with E-state index < -0.39 is 10.0 Å². The fourth-order valence-electron chi connectivity index (χ4n) is 2.49. The highest BCUT2D eigenvalue weighted by Crippen LogP contribution is 2.30. The first-order chi connectivity index (χ1) is 9.07. The number of sulfonamides is 1. The summed E-state index contributed by atoms with van der Waals surface area (Å²) in [5.41, 5.74) is 0. The van der Waals surface area contributed by atoms with E-state index in [-0.39, 0.29) is 16.0 Å². The predicted octanol–water partition coefficient (Wildman–Crippen LogP) is 3.51. The largest absolute Gasteiger partial charge is 0.244 e. The Balaban J connectivity index is 2.35. The zero-order valence-electron chi connectivity index (χ0n) is 10.6. The van der Waals surface area contributed by atoms with Crippen LogP contribution in [0, 0.1) is 0 Å². The van der Waals surface area contributed by atoms with Gasteiger partial charge in [0.15, 0.2) is 0 Å². The zero-order valence-corrected chi connectivity index (χ0v) is 12.9. The Kier molecular flexibility index (Phi) is 5.12. The molecule has 1 aliphatic rings. The smallest absolute Gasteiger partial charge is 0.207 e. The van der Waals surface area contributed by atoms with Crippen molar-refractivity contribution in [3.05, 3.63) is 29.3 Å². The van der Waals surface area contributed by atoms with E-state index in [4.69, 9.17) is 23.2 Å². The van der Waals surface area contributed by atoms with Crippen molar-refractivity contribution in [2.75, 3.05) is 12.4 Å². The van der Waals surface area contributed by atoms with E-state index in [9.17, 15) is 8.42 Å². The summed E-state index contributed by atoms with van der Waals surface area (Å²) in [6.45, 7) is 0.551. The van der Waals surface area contributed by atoms with E-state index in [1.165, 1.54) is 0 Å². The van der Waals surface area contributed by atoms with E-state index in [1.807, 2.05) is 0 Å². The molecule has 19 heavy (non-hydrogen) atoms. The number of rotatable bonds is 4. The molecule has 1 unspecified atom stereocenters. The van der Waals surface area contributed by atoms with Crippen molar-refractivity contribution in [1.82, 2.24) is 4.31 Å². The minimum atomic E-state index is -3.52. The fourth-order valence-corrected chi connectivity index (χ4v) is 4.96. The van der Waals surface area contributed by atoms with Gasteiger partial charge in [0.25, 0.3) is 0 Å². The number of alkyl halides is 1. The van der Waals surface area contributed by atoms with Crippen molar-refractivity contribution >= 4 is 33.2 Å². The molecule has 1 aromatic carbocycles. The van der Waals surface area contributed by atoms with Crippen molar-refractivity contribution in [2.24, 2.45) is 0 Å². The molecule has 2 rings (SSSR count). The molecule has 0 saturated carbocycles. The predicted molar refractivity (Wildman–Crippen MR) is 78.3 cm³/mol. The summed E-state index contributed by atoms with van der Waals surface area (Å²) >= 11 is 11.8. The van der Waals surface area contributed by atoms with Crippen molar-refractivity contribution in [3.63, 3.8) is 0 Å². The van der Waals surface area contributed by atoms with Gasteiger partial charge in [-0.2, -0.15) is 4.31 Å². The maximum absolute atomic E-state index is 12.7. The second-order valence-electron chi connectivity index (χ2n) is 4.67. The molecule has 1 aliphatic heterocycles. The Morgan fingerprint density at radius 3 is 2.68 bits per heavy atom. The lowest BCUT2D eigenvalue weighted by Gasteiger charge is -2.34. The van der Waals surface area contributed by atoms with Crippen LogP contribution < -0.4 is 0 Å². The average Bonchev–Trinajstić information content (AvgIpc) is 2.40. The molecular weight excluding hydrogens is 305 g/mol. The lowest BCUT2D eigenvalue weighted by molar-refractivity contribution is 0.247. The molecule has 0 amide bonds. The summed E-state index contributed by atoms with van der Waals surface area (Å²) < 4.78 is 27.0. The highest BCUT2D eigenvalue weighted by Gasteiger charge is 2.33. The summed E-state index contributed by atoms with van der Waals surface area (Å²) in [7, 11) is -3.52. The molecule has 1 fully saturated rings. The molecule has 6 heteroatoms. The van der Waals surface area contributed by atoms with Crippen LogP contribution in [-0.2, 0) is 10.0 Å². The summed E-state index contributed by atoms with van der Waals surface area (Å²) in [5.74, 6) is 0.471. The van der Waals surface area contributed by atoms with E-state index in [0.717, 1.165) is 19.3 Å². The van der Waals surface area contributed by atoms with Crippen LogP contribution in [0.15, 0.2) is 29.2 Å². The topological polar surface area (TPSA) is 37.4 Å². The maximum atomic E-state index is 12.7. The Morgan fingerprint density at radius 2 is 2.00 bits per heavy atom. The lowest BCUT2D eigenvalue weighted by Crippen LogP contribution is -2.43. The van der Waals surface area contributed by atoms with Crippen LogP contribution in [0.1, 0.15) is 25.7 Å². The second kappa shape index (κ2) is 6.44. The summed E-state index contributed by atoms with van der Waals surface area (Å²) in [4.78, 5) is 0.193. The Morgan fingerprint density at radius 1 is 1.26 bits per heavy atom. The van der Waals surface area contributed by atoms with Crippen LogP contribution in [0.25, 0.3) is 0 Å². The number of halogens is 2. The first-order valence-electron chi connectivity index (χ1n) is 6.39. The highest BCUT2D eigenvalue weighted by molar-refractivity contribution is 7.89. The van der Waals surface area contributed by atoms with Crippen molar-refractivity contribution in [1.29, 1.82) is 0 Å². The molecule has 1 atom stereocenters. The van der Waals surface area contributed by atoms with Gasteiger partial charge in [-0.3, -0.25) is 0 Å². The minimum absolute atomic E-state index is 0.00692. The molecule has 1 heterocycles. The van der Waals surface area contributed by atoms with E-state index in [2.05, 4.69) is 0 Å². The van der Waals surface area contributed by atoms with Crippen molar-refractivity contribution in [3.8, 4) is 0 Å². The van der Waals surface area contributed by atoms with E-state index >= 15 is 0 Å². The standard InChI is InChI=1S/C13H17Cl2NO2S/c14-9-8-11-5-3-4-10-16(11)19(17,18)13-7-2-1-6-12(13)15/h1-2,6-7,11H,3-5,8-10H2. The SMILES string of the molecule is O=S(=O)(c1ccccc1Cl)N1CCCCC1CCCl. The normalized spacial score (nSPS) is 21.5. The molecule has 106 valence electrons. The number of nitrogens with zero attached hydrogens (tertiary/aromatic N) is 1. The Labute approximate surface area is 124 Å². The molecule has 0 aromatic heterocycles. The Hall–Kier alpha value is -0.290. The van der Waals surface area contributed by atoms with Crippen LogP contribution in [0.3, 0.4) is 0 Å². The lowest BCUT2D eigenvalue weighted by atomic mass is 10.0. The van der Waals surface area contributed by atoms with Gasteiger partial charge in [0.05, 0.1) is 5.02 Å². The minimum Gasteiger partial charge on any atom is -0.207 e. The van der Waals surface area contributed by atoms with Crippen LogP contribution in [0.2, 0.25) is 5.02 Å². The van der Waals surface area contributed by atoms with Crippen LogP contribution in [0.4, 0.5) is 0 Å². The summed E-state index contributed by atoms with van der Waals surface area (Å²) in [6.07, 6.45) is 3.50. The van der Waals surface area contributed by atoms with Gasteiger partial charge in [-0.05, 0) is 31.4 Å². The van der Waals surface area contributed by atoms with Gasteiger partial charge in [-0.1, -0.05) is 30.2 Å². The molecule has 0 spiro atoms. The maximum Gasteiger partial charge on any atom is 0.244 e. The highest BCUT2D eigenvalue weighted by atomic mass is 35.5. The van der Waals surface area contributed by atoms with E-state index in [1.54, 1.807) is 28.6 Å². The molecule has 0 N–H and O–H groups in total. The van der Waals surface area contributed by atoms with Gasteiger partial charge in [0, 0.05) is 18.5 Å². The summed E-state index contributed by atoms with van der Waals surface area (Å²) in [6, 6.07) is 6.58. The zero-order chi connectivity index (χ0) is 13.9. The van der Waals surface area contributed by atoms with Gasteiger partial charge in [-0.25, -0.2) is 8.42 Å². The monoisotopic (exact) mass is 321 g/mol. The molecule has 1 saturated heterocycles. The van der Waals surface area contributed by atoms with Crippen LogP contribution >= 0.6 is 23.2 Å². The Bertz CT molecular complexity index is 531.